The number of hydrogen-bond donors (Lipinski definition) is 1. The fourth-order valence-electron chi connectivity index (χ4n) is 3.38. The highest BCUT2D eigenvalue weighted by molar-refractivity contribution is 6.31. The molecule has 1 amide bonds. The number of ether oxygens (including phenoxy) is 1. The van der Waals surface area contributed by atoms with Crippen molar-refractivity contribution < 1.29 is 9.53 Å². The maximum absolute atomic E-state index is 12.6. The van der Waals surface area contributed by atoms with Crippen molar-refractivity contribution in [1.29, 1.82) is 0 Å². The fourth-order valence-corrected chi connectivity index (χ4v) is 3.58. The largest absolute Gasteiger partial charge is 0.491 e. The first-order valence-corrected chi connectivity index (χ1v) is 9.92. The molecular formula is C22H27ClN2O2. The molecule has 1 saturated heterocycles. The van der Waals surface area contributed by atoms with Gasteiger partial charge in [0, 0.05) is 29.2 Å². The number of piperidine rings is 1. The third-order valence-corrected chi connectivity index (χ3v) is 5.15. The monoisotopic (exact) mass is 386 g/mol. The molecule has 2 aromatic carbocycles. The van der Waals surface area contributed by atoms with Crippen LogP contribution in [0.25, 0.3) is 0 Å². The van der Waals surface area contributed by atoms with Crippen molar-refractivity contribution in [3.63, 3.8) is 0 Å². The number of nitrogens with one attached hydrogen (secondary N) is 1. The zero-order valence-corrected chi connectivity index (χ0v) is 16.7. The fraction of sp³-hybridized carbons (Fsp3) is 0.409. The van der Waals surface area contributed by atoms with Crippen LogP contribution in [0.3, 0.4) is 0 Å². The summed E-state index contributed by atoms with van der Waals surface area (Å²) in [5.41, 5.74) is 1.93. The number of carbonyl (C=O) groups excluding carboxylic acids is 1. The van der Waals surface area contributed by atoms with Crippen molar-refractivity contribution in [3.05, 3.63) is 59.1 Å². The second-order valence-corrected chi connectivity index (χ2v) is 7.73. The smallest absolute Gasteiger partial charge is 0.227 e. The van der Waals surface area contributed by atoms with Gasteiger partial charge in [0.05, 0.1) is 6.10 Å². The molecular weight excluding hydrogens is 360 g/mol. The molecule has 0 radical (unpaired) electrons. The lowest BCUT2D eigenvalue weighted by atomic mass is 9.95. The molecule has 0 saturated carbocycles. The van der Waals surface area contributed by atoms with Crippen molar-refractivity contribution >= 4 is 23.2 Å². The molecule has 2 aromatic rings. The van der Waals surface area contributed by atoms with E-state index in [1.807, 2.05) is 56.3 Å². The minimum absolute atomic E-state index is 0.0437. The molecule has 1 N–H and O–H groups in total. The molecule has 3 rings (SSSR count). The van der Waals surface area contributed by atoms with Crippen LogP contribution in [0.15, 0.2) is 48.5 Å². The lowest BCUT2D eigenvalue weighted by Crippen LogP contribution is -2.37. The number of rotatable bonds is 6. The summed E-state index contributed by atoms with van der Waals surface area (Å²) in [5.74, 6) is 0.911. The van der Waals surface area contributed by atoms with Gasteiger partial charge in [0.1, 0.15) is 5.75 Å². The van der Waals surface area contributed by atoms with E-state index >= 15 is 0 Å². The van der Waals surface area contributed by atoms with Crippen LogP contribution in [0, 0.1) is 5.92 Å². The standard InChI is InChI=1S/C22H27ClN2O2/c1-16(2)27-20-8-5-7-19(14-20)24-22(26)17-10-12-25(13-11-17)15-18-6-3-4-9-21(18)23/h3-9,14,16-17H,10-13,15H2,1-2H3,(H,24,26). The minimum atomic E-state index is 0.0437. The molecule has 0 aromatic heterocycles. The molecule has 4 nitrogen and oxygen atoms in total. The van der Waals surface area contributed by atoms with Crippen molar-refractivity contribution in [1.82, 2.24) is 4.90 Å². The molecule has 5 heteroatoms. The Hall–Kier alpha value is -2.04. The first-order valence-electron chi connectivity index (χ1n) is 9.54. The highest BCUT2D eigenvalue weighted by Gasteiger charge is 2.25. The molecule has 0 atom stereocenters. The number of halogens is 1. The normalized spacial score (nSPS) is 15.7. The van der Waals surface area contributed by atoms with Gasteiger partial charge in [-0.1, -0.05) is 35.9 Å². The maximum atomic E-state index is 12.6. The van der Waals surface area contributed by atoms with E-state index in [2.05, 4.69) is 16.3 Å². The number of carbonyl (C=O) groups is 1. The van der Waals surface area contributed by atoms with Gasteiger partial charge in [-0.2, -0.15) is 0 Å². The topological polar surface area (TPSA) is 41.6 Å². The van der Waals surface area contributed by atoms with E-state index in [0.717, 1.165) is 54.5 Å². The summed E-state index contributed by atoms with van der Waals surface area (Å²) >= 11 is 6.26. The van der Waals surface area contributed by atoms with E-state index in [-0.39, 0.29) is 17.9 Å². The van der Waals surface area contributed by atoms with Crippen LogP contribution in [0.1, 0.15) is 32.3 Å². The Bertz CT molecular complexity index is 770. The molecule has 1 aliphatic rings. The Kier molecular flexibility index (Phi) is 6.75. The first kappa shape index (κ1) is 19.7. The Morgan fingerprint density at radius 3 is 2.63 bits per heavy atom. The molecule has 27 heavy (non-hydrogen) atoms. The quantitative estimate of drug-likeness (QED) is 0.761. The molecule has 144 valence electrons. The van der Waals surface area contributed by atoms with Crippen LogP contribution >= 0.6 is 11.6 Å². The Morgan fingerprint density at radius 1 is 1.19 bits per heavy atom. The number of anilines is 1. The second-order valence-electron chi connectivity index (χ2n) is 7.33. The molecule has 1 fully saturated rings. The van der Waals surface area contributed by atoms with E-state index in [1.54, 1.807) is 0 Å². The van der Waals surface area contributed by atoms with Crippen molar-refractivity contribution in [2.45, 2.75) is 39.3 Å². The van der Waals surface area contributed by atoms with Crippen LogP contribution in [-0.2, 0) is 11.3 Å². The highest BCUT2D eigenvalue weighted by atomic mass is 35.5. The van der Waals surface area contributed by atoms with E-state index in [0.29, 0.717) is 0 Å². The number of amides is 1. The predicted molar refractivity (Wildman–Crippen MR) is 110 cm³/mol. The van der Waals surface area contributed by atoms with Gasteiger partial charge in [-0.05, 0) is 63.5 Å². The summed E-state index contributed by atoms with van der Waals surface area (Å²) in [5, 5.41) is 3.85. The summed E-state index contributed by atoms with van der Waals surface area (Å²) in [4.78, 5) is 15.0. The SMILES string of the molecule is CC(C)Oc1cccc(NC(=O)C2CCN(Cc3ccccc3Cl)CC2)c1. The molecule has 0 aliphatic carbocycles. The lowest BCUT2D eigenvalue weighted by Gasteiger charge is -2.31. The van der Waals surface area contributed by atoms with Gasteiger partial charge in [-0.25, -0.2) is 0 Å². The zero-order chi connectivity index (χ0) is 19.2. The van der Waals surface area contributed by atoms with Crippen molar-refractivity contribution in [3.8, 4) is 5.75 Å². The predicted octanol–water partition coefficient (Wildman–Crippen LogP) is 4.98. The molecule has 0 spiro atoms. The highest BCUT2D eigenvalue weighted by Crippen LogP contribution is 2.24. The van der Waals surface area contributed by atoms with Gasteiger partial charge in [-0.15, -0.1) is 0 Å². The van der Waals surface area contributed by atoms with Crippen LogP contribution < -0.4 is 10.1 Å². The number of hydrogen-bond acceptors (Lipinski definition) is 3. The number of benzene rings is 2. The number of nitrogens with zero attached hydrogens (tertiary/aromatic N) is 1. The number of likely N-dealkylation sites (tertiary alicyclic amines) is 1. The van der Waals surface area contributed by atoms with Gasteiger partial charge >= 0.3 is 0 Å². The third kappa shape index (κ3) is 5.72. The summed E-state index contributed by atoms with van der Waals surface area (Å²) < 4.78 is 5.69. The second kappa shape index (κ2) is 9.25. The van der Waals surface area contributed by atoms with Gasteiger partial charge in [0.2, 0.25) is 5.91 Å². The lowest BCUT2D eigenvalue weighted by molar-refractivity contribution is -0.121. The van der Waals surface area contributed by atoms with E-state index in [4.69, 9.17) is 16.3 Å². The zero-order valence-electron chi connectivity index (χ0n) is 16.0. The van der Waals surface area contributed by atoms with E-state index < -0.39 is 0 Å². The summed E-state index contributed by atoms with van der Waals surface area (Å²) in [6.07, 6.45) is 1.83. The Balaban J connectivity index is 1.51. The van der Waals surface area contributed by atoms with Crippen molar-refractivity contribution in [2.24, 2.45) is 5.92 Å². The Labute approximate surface area is 166 Å². The van der Waals surface area contributed by atoms with Crippen LogP contribution in [-0.4, -0.2) is 30.0 Å². The summed E-state index contributed by atoms with van der Waals surface area (Å²) in [7, 11) is 0. The molecule has 1 aliphatic heterocycles. The third-order valence-electron chi connectivity index (χ3n) is 4.78. The van der Waals surface area contributed by atoms with E-state index in [9.17, 15) is 4.79 Å². The van der Waals surface area contributed by atoms with Crippen LogP contribution in [0.4, 0.5) is 5.69 Å². The average Bonchev–Trinajstić information content (AvgIpc) is 2.64. The summed E-state index contributed by atoms with van der Waals surface area (Å²) in [6, 6.07) is 15.5. The minimum Gasteiger partial charge on any atom is -0.491 e. The summed E-state index contributed by atoms with van der Waals surface area (Å²) in [6.45, 7) is 6.62. The molecule has 0 unspecified atom stereocenters. The van der Waals surface area contributed by atoms with Crippen LogP contribution in [0.2, 0.25) is 5.02 Å². The molecule has 0 bridgehead atoms. The Morgan fingerprint density at radius 2 is 1.93 bits per heavy atom. The maximum Gasteiger partial charge on any atom is 0.227 e. The van der Waals surface area contributed by atoms with Gasteiger partial charge in [-0.3, -0.25) is 9.69 Å². The van der Waals surface area contributed by atoms with Gasteiger partial charge in [0.15, 0.2) is 0 Å². The first-order chi connectivity index (χ1) is 13.0. The molecule has 1 heterocycles. The van der Waals surface area contributed by atoms with E-state index in [1.165, 1.54) is 0 Å². The average molecular weight is 387 g/mol. The van der Waals surface area contributed by atoms with Crippen molar-refractivity contribution in [2.75, 3.05) is 18.4 Å². The van der Waals surface area contributed by atoms with Gasteiger partial charge in [0.25, 0.3) is 0 Å². The van der Waals surface area contributed by atoms with Gasteiger partial charge < -0.3 is 10.1 Å². The van der Waals surface area contributed by atoms with Crippen LogP contribution in [0.5, 0.6) is 5.75 Å².